The number of amidine groups is 1. The highest BCUT2D eigenvalue weighted by atomic mass is 19.1. The molecular weight excluding hydrogens is 343 g/mol. The molecule has 0 aliphatic carbocycles. The van der Waals surface area contributed by atoms with Crippen molar-refractivity contribution in [3.63, 3.8) is 0 Å². The fraction of sp³-hybridized carbons (Fsp3) is 0.143. The summed E-state index contributed by atoms with van der Waals surface area (Å²) < 4.78 is 13.3. The Labute approximate surface area is 157 Å². The van der Waals surface area contributed by atoms with E-state index in [4.69, 9.17) is 11.1 Å². The van der Waals surface area contributed by atoms with Gasteiger partial charge in [0.15, 0.2) is 0 Å². The largest absolute Gasteiger partial charge is 0.384 e. The van der Waals surface area contributed by atoms with Crippen molar-refractivity contribution in [1.82, 2.24) is 4.98 Å². The maximum atomic E-state index is 13.3. The molecule has 2 aromatic carbocycles. The molecule has 27 heavy (non-hydrogen) atoms. The number of anilines is 1. The van der Waals surface area contributed by atoms with Crippen LogP contribution in [0.4, 0.5) is 10.1 Å². The number of carbonyl (C=O) groups is 1. The lowest BCUT2D eigenvalue weighted by Gasteiger charge is -2.23. The van der Waals surface area contributed by atoms with Gasteiger partial charge in [-0.1, -0.05) is 24.3 Å². The molecule has 1 aromatic heterocycles. The zero-order valence-electron chi connectivity index (χ0n) is 15.2. The molecule has 0 spiro atoms. The van der Waals surface area contributed by atoms with Crippen LogP contribution in [0.1, 0.15) is 32.9 Å². The summed E-state index contributed by atoms with van der Waals surface area (Å²) in [5, 5.41) is 7.48. The molecule has 1 heterocycles. The lowest BCUT2D eigenvalue weighted by molar-refractivity contribution is 0.0984. The Morgan fingerprint density at radius 3 is 2.26 bits per heavy atom. The summed E-state index contributed by atoms with van der Waals surface area (Å²) in [6.07, 6.45) is 0. The molecule has 3 rings (SSSR count). The van der Waals surface area contributed by atoms with Crippen LogP contribution in [0.3, 0.4) is 0 Å². The van der Waals surface area contributed by atoms with E-state index in [0.717, 1.165) is 17.0 Å². The smallest absolute Gasteiger partial charge is 0.260 e. The Morgan fingerprint density at radius 1 is 1.11 bits per heavy atom. The molecular formula is C21H21FN4O. The third-order valence-electron chi connectivity index (χ3n) is 4.37. The molecule has 6 heteroatoms. The van der Waals surface area contributed by atoms with Crippen molar-refractivity contribution in [2.75, 3.05) is 4.90 Å². The second-order valence-corrected chi connectivity index (χ2v) is 6.47. The second-order valence-electron chi connectivity index (χ2n) is 6.47. The third kappa shape index (κ3) is 4.06. The average Bonchev–Trinajstić information content (AvgIpc) is 2.98. The zero-order valence-corrected chi connectivity index (χ0v) is 15.2. The van der Waals surface area contributed by atoms with Gasteiger partial charge in [-0.05, 0) is 49.7 Å². The van der Waals surface area contributed by atoms with E-state index in [1.807, 2.05) is 32.0 Å². The van der Waals surface area contributed by atoms with Crippen LogP contribution >= 0.6 is 0 Å². The van der Waals surface area contributed by atoms with Crippen molar-refractivity contribution in [1.29, 1.82) is 5.41 Å². The summed E-state index contributed by atoms with van der Waals surface area (Å²) in [4.78, 5) is 18.0. The molecule has 0 atom stereocenters. The van der Waals surface area contributed by atoms with Gasteiger partial charge in [-0.25, -0.2) is 4.39 Å². The predicted octanol–water partition coefficient (Wildman–Crippen LogP) is 3.90. The number of aromatic nitrogens is 1. The van der Waals surface area contributed by atoms with Crippen LogP contribution in [0.25, 0.3) is 0 Å². The number of hydrogen-bond donors (Lipinski definition) is 3. The number of rotatable bonds is 5. The van der Waals surface area contributed by atoms with Gasteiger partial charge in [0.25, 0.3) is 5.91 Å². The molecule has 0 saturated carbocycles. The molecule has 0 aliphatic heterocycles. The van der Waals surface area contributed by atoms with Gasteiger partial charge in [0.1, 0.15) is 11.7 Å². The number of nitrogens with two attached hydrogens (primary N) is 1. The SMILES string of the molecule is Cc1cc(C(=O)N(Cc2ccc(C(=N)N)cc2)c2ccc(F)cc2)c(C)[nH]1. The highest BCUT2D eigenvalue weighted by Crippen LogP contribution is 2.23. The van der Waals surface area contributed by atoms with Crippen LogP contribution in [-0.4, -0.2) is 16.7 Å². The summed E-state index contributed by atoms with van der Waals surface area (Å²) in [5.74, 6) is -0.531. The van der Waals surface area contributed by atoms with E-state index >= 15 is 0 Å². The number of amides is 1. The topological polar surface area (TPSA) is 86.0 Å². The fourth-order valence-corrected chi connectivity index (χ4v) is 2.97. The zero-order chi connectivity index (χ0) is 19.6. The summed E-state index contributed by atoms with van der Waals surface area (Å²) in [6.45, 7) is 4.06. The van der Waals surface area contributed by atoms with Crippen LogP contribution in [0.2, 0.25) is 0 Å². The number of aryl methyl sites for hydroxylation is 2. The molecule has 0 bridgehead atoms. The van der Waals surface area contributed by atoms with E-state index in [-0.39, 0.29) is 17.6 Å². The molecule has 5 nitrogen and oxygen atoms in total. The normalized spacial score (nSPS) is 10.6. The fourth-order valence-electron chi connectivity index (χ4n) is 2.97. The van der Waals surface area contributed by atoms with Gasteiger partial charge < -0.3 is 15.6 Å². The lowest BCUT2D eigenvalue weighted by Crippen LogP contribution is -2.30. The van der Waals surface area contributed by atoms with E-state index in [1.165, 1.54) is 12.1 Å². The van der Waals surface area contributed by atoms with Crippen molar-refractivity contribution >= 4 is 17.4 Å². The summed E-state index contributed by atoms with van der Waals surface area (Å²) in [5.41, 5.74) is 9.87. The number of carbonyl (C=O) groups excluding carboxylic acids is 1. The van der Waals surface area contributed by atoms with E-state index in [0.29, 0.717) is 23.4 Å². The second kappa shape index (κ2) is 7.45. The van der Waals surface area contributed by atoms with Crippen molar-refractivity contribution in [2.24, 2.45) is 5.73 Å². The first-order chi connectivity index (χ1) is 12.8. The van der Waals surface area contributed by atoms with E-state index in [1.54, 1.807) is 29.2 Å². The number of benzene rings is 2. The Kier molecular flexibility index (Phi) is 5.07. The van der Waals surface area contributed by atoms with Gasteiger partial charge in [-0.15, -0.1) is 0 Å². The van der Waals surface area contributed by atoms with E-state index in [2.05, 4.69) is 4.98 Å². The number of H-pyrrole nitrogens is 1. The summed E-state index contributed by atoms with van der Waals surface area (Å²) >= 11 is 0. The van der Waals surface area contributed by atoms with Crippen LogP contribution in [0.5, 0.6) is 0 Å². The number of nitrogen functional groups attached to an aromatic ring is 1. The molecule has 138 valence electrons. The van der Waals surface area contributed by atoms with Crippen LogP contribution in [0.15, 0.2) is 54.6 Å². The van der Waals surface area contributed by atoms with Crippen molar-refractivity contribution in [2.45, 2.75) is 20.4 Å². The molecule has 4 N–H and O–H groups in total. The number of nitrogens with zero attached hydrogens (tertiary/aromatic N) is 1. The van der Waals surface area contributed by atoms with E-state index < -0.39 is 0 Å². The van der Waals surface area contributed by atoms with Crippen LogP contribution in [-0.2, 0) is 6.54 Å². The molecule has 0 saturated heterocycles. The maximum absolute atomic E-state index is 13.3. The molecule has 0 aliphatic rings. The van der Waals surface area contributed by atoms with Crippen LogP contribution < -0.4 is 10.6 Å². The summed E-state index contributed by atoms with van der Waals surface area (Å²) in [7, 11) is 0. The minimum Gasteiger partial charge on any atom is -0.384 e. The molecule has 0 radical (unpaired) electrons. The molecule has 1 amide bonds. The standard InChI is InChI=1S/C21H21FN4O/c1-13-11-19(14(2)25-13)21(27)26(18-9-7-17(22)8-10-18)12-15-3-5-16(6-4-15)20(23)24/h3-11,25H,12H2,1-2H3,(H3,23,24). The molecule has 0 fully saturated rings. The predicted molar refractivity (Wildman–Crippen MR) is 105 cm³/mol. The first-order valence-electron chi connectivity index (χ1n) is 8.52. The monoisotopic (exact) mass is 364 g/mol. The number of hydrogen-bond acceptors (Lipinski definition) is 2. The number of halogens is 1. The minimum atomic E-state index is -0.356. The van der Waals surface area contributed by atoms with Crippen molar-refractivity contribution in [3.8, 4) is 0 Å². The number of aromatic amines is 1. The third-order valence-corrected chi connectivity index (χ3v) is 4.37. The number of nitrogens with one attached hydrogen (secondary N) is 2. The first-order valence-corrected chi connectivity index (χ1v) is 8.52. The maximum Gasteiger partial charge on any atom is 0.260 e. The Balaban J connectivity index is 1.96. The average molecular weight is 364 g/mol. The van der Waals surface area contributed by atoms with Gasteiger partial charge in [-0.3, -0.25) is 10.2 Å². The highest BCUT2D eigenvalue weighted by Gasteiger charge is 2.21. The highest BCUT2D eigenvalue weighted by molar-refractivity contribution is 6.07. The van der Waals surface area contributed by atoms with Crippen molar-refractivity contribution in [3.05, 3.63) is 88.5 Å². The van der Waals surface area contributed by atoms with Gasteiger partial charge in [-0.2, -0.15) is 0 Å². The Morgan fingerprint density at radius 2 is 1.74 bits per heavy atom. The molecule has 3 aromatic rings. The Hall–Kier alpha value is -3.41. The minimum absolute atomic E-state index is 0.00793. The first kappa shape index (κ1) is 18.4. The molecule has 0 unspecified atom stereocenters. The van der Waals surface area contributed by atoms with Gasteiger partial charge in [0, 0.05) is 22.6 Å². The Bertz CT molecular complexity index is 974. The quantitative estimate of drug-likeness (QED) is 0.474. The van der Waals surface area contributed by atoms with Gasteiger partial charge >= 0.3 is 0 Å². The van der Waals surface area contributed by atoms with Crippen molar-refractivity contribution < 1.29 is 9.18 Å². The lowest BCUT2D eigenvalue weighted by atomic mass is 10.1. The van der Waals surface area contributed by atoms with E-state index in [9.17, 15) is 9.18 Å². The summed E-state index contributed by atoms with van der Waals surface area (Å²) in [6, 6.07) is 14.8. The van der Waals surface area contributed by atoms with Crippen LogP contribution in [0, 0.1) is 25.1 Å². The van der Waals surface area contributed by atoms with Gasteiger partial charge in [0.2, 0.25) is 0 Å². The van der Waals surface area contributed by atoms with Gasteiger partial charge in [0.05, 0.1) is 12.1 Å².